The van der Waals surface area contributed by atoms with Gasteiger partial charge in [-0.25, -0.2) is 0 Å². The van der Waals surface area contributed by atoms with Crippen LogP contribution in [0, 0.1) is 0 Å². The Morgan fingerprint density at radius 1 is 0.950 bits per heavy atom. The van der Waals surface area contributed by atoms with Crippen molar-refractivity contribution >= 4 is 23.3 Å². The summed E-state index contributed by atoms with van der Waals surface area (Å²) in [6.07, 6.45) is 7.14. The zero-order valence-electron chi connectivity index (χ0n) is 11.1. The van der Waals surface area contributed by atoms with Gasteiger partial charge in [-0.3, -0.25) is 4.79 Å². The first kappa shape index (κ1) is 12.4. The number of fused-ring (bicyclic) bond motifs is 1. The van der Waals surface area contributed by atoms with Gasteiger partial charge in [0.1, 0.15) is 0 Å². The van der Waals surface area contributed by atoms with Crippen molar-refractivity contribution in [2.24, 2.45) is 0 Å². The summed E-state index contributed by atoms with van der Waals surface area (Å²) in [7, 11) is 0. The molecule has 0 bridgehead atoms. The quantitative estimate of drug-likeness (QED) is 0.646. The molecule has 0 saturated carbocycles. The van der Waals surface area contributed by atoms with Gasteiger partial charge in [0, 0.05) is 23.7 Å². The molecule has 0 aliphatic heterocycles. The molecule has 0 atom stereocenters. The molecular weight excluding hydrogens is 246 g/mol. The normalized spacial score (nSPS) is 11.2. The van der Waals surface area contributed by atoms with Gasteiger partial charge in [0.2, 0.25) is 0 Å². The maximum absolute atomic E-state index is 11.1. The summed E-state index contributed by atoms with van der Waals surface area (Å²) in [4.78, 5) is 11.1. The van der Waals surface area contributed by atoms with Gasteiger partial charge in [-0.1, -0.05) is 54.6 Å². The molecule has 0 N–H and O–H groups in total. The van der Waals surface area contributed by atoms with Crippen LogP contribution in [0.25, 0.3) is 17.0 Å². The Morgan fingerprint density at radius 2 is 1.80 bits per heavy atom. The number of aldehydes is 1. The second kappa shape index (κ2) is 5.57. The second-order valence-corrected chi connectivity index (χ2v) is 4.68. The highest BCUT2D eigenvalue weighted by molar-refractivity contribution is 5.96. The van der Waals surface area contributed by atoms with E-state index in [-0.39, 0.29) is 0 Å². The molecule has 2 nitrogen and oxygen atoms in total. The van der Waals surface area contributed by atoms with E-state index in [1.54, 1.807) is 0 Å². The number of hydrogen-bond acceptors (Lipinski definition) is 1. The predicted octanol–water partition coefficient (Wildman–Crippen LogP) is 4.17. The Labute approximate surface area is 118 Å². The third kappa shape index (κ3) is 2.41. The van der Waals surface area contributed by atoms with E-state index in [9.17, 15) is 4.79 Å². The Kier molecular flexibility index (Phi) is 3.46. The summed E-state index contributed by atoms with van der Waals surface area (Å²) in [5, 5.41) is 1.10. The fourth-order valence-electron chi connectivity index (χ4n) is 2.40. The smallest absolute Gasteiger partial charge is 0.152 e. The summed E-state index contributed by atoms with van der Waals surface area (Å²) in [6.45, 7) is 0.753. The highest BCUT2D eigenvalue weighted by Gasteiger charge is 2.04. The molecular formula is C18H15NO. The van der Waals surface area contributed by atoms with Crippen LogP contribution in [-0.4, -0.2) is 10.9 Å². The van der Waals surface area contributed by atoms with Crippen LogP contribution in [0.1, 0.15) is 15.9 Å². The first-order chi connectivity index (χ1) is 9.88. The number of carbonyl (C=O) groups excluding carboxylic acids is 1. The van der Waals surface area contributed by atoms with Crippen molar-refractivity contribution in [3.8, 4) is 0 Å². The lowest BCUT2D eigenvalue weighted by atomic mass is 10.1. The topological polar surface area (TPSA) is 22.0 Å². The van der Waals surface area contributed by atoms with Gasteiger partial charge < -0.3 is 4.57 Å². The van der Waals surface area contributed by atoms with Gasteiger partial charge in [0.25, 0.3) is 0 Å². The number of nitrogens with zero attached hydrogens (tertiary/aromatic N) is 1. The molecule has 2 aromatic carbocycles. The van der Waals surface area contributed by atoms with E-state index >= 15 is 0 Å². The summed E-state index contributed by atoms with van der Waals surface area (Å²) in [5.74, 6) is 0. The average Bonchev–Trinajstić information content (AvgIpc) is 2.92. The number of para-hydroxylation sites is 1. The van der Waals surface area contributed by atoms with Crippen molar-refractivity contribution in [1.29, 1.82) is 0 Å². The molecule has 1 heterocycles. The molecule has 0 aliphatic rings. The molecule has 0 saturated heterocycles. The van der Waals surface area contributed by atoms with E-state index in [4.69, 9.17) is 0 Å². The van der Waals surface area contributed by atoms with Gasteiger partial charge >= 0.3 is 0 Å². The van der Waals surface area contributed by atoms with E-state index in [1.165, 1.54) is 5.56 Å². The minimum absolute atomic E-state index is 0.737. The molecule has 0 unspecified atom stereocenters. The van der Waals surface area contributed by atoms with Crippen LogP contribution < -0.4 is 0 Å². The minimum atomic E-state index is 0.737. The van der Waals surface area contributed by atoms with E-state index in [2.05, 4.69) is 28.9 Å². The van der Waals surface area contributed by atoms with E-state index < -0.39 is 0 Å². The van der Waals surface area contributed by atoms with Gasteiger partial charge in [-0.05, 0) is 17.7 Å². The van der Waals surface area contributed by atoms with Gasteiger partial charge in [-0.15, -0.1) is 0 Å². The largest absolute Gasteiger partial charge is 0.343 e. The lowest BCUT2D eigenvalue weighted by molar-refractivity contribution is 0.112. The zero-order chi connectivity index (χ0) is 13.8. The molecule has 0 amide bonds. The fourth-order valence-corrected chi connectivity index (χ4v) is 2.40. The van der Waals surface area contributed by atoms with Crippen molar-refractivity contribution < 1.29 is 4.79 Å². The molecule has 2 heteroatoms. The molecule has 3 rings (SSSR count). The van der Waals surface area contributed by atoms with E-state index in [0.29, 0.717) is 0 Å². The van der Waals surface area contributed by atoms with E-state index in [0.717, 1.165) is 29.3 Å². The molecule has 20 heavy (non-hydrogen) atoms. The number of hydrogen-bond donors (Lipinski definition) is 0. The van der Waals surface area contributed by atoms with Crippen molar-refractivity contribution in [2.75, 3.05) is 0 Å². The SMILES string of the molecule is O=Cc1cccc2ccn(C/C=C/c3ccccc3)c12. The Balaban J connectivity index is 1.88. The number of carbonyl (C=O) groups is 1. The van der Waals surface area contributed by atoms with Crippen molar-refractivity contribution in [3.05, 3.63) is 78.0 Å². The first-order valence-electron chi connectivity index (χ1n) is 6.63. The summed E-state index contributed by atoms with van der Waals surface area (Å²) < 4.78 is 2.10. The van der Waals surface area contributed by atoms with Gasteiger partial charge in [-0.2, -0.15) is 0 Å². The minimum Gasteiger partial charge on any atom is -0.343 e. The van der Waals surface area contributed by atoms with Gasteiger partial charge in [0.05, 0.1) is 5.52 Å². The van der Waals surface area contributed by atoms with Crippen molar-refractivity contribution in [3.63, 3.8) is 0 Å². The lowest BCUT2D eigenvalue weighted by Crippen LogP contribution is -1.95. The summed E-state index contributed by atoms with van der Waals surface area (Å²) in [5.41, 5.74) is 2.92. The summed E-state index contributed by atoms with van der Waals surface area (Å²) in [6, 6.07) is 18.0. The number of benzene rings is 2. The molecule has 98 valence electrons. The molecule has 0 spiro atoms. The van der Waals surface area contributed by atoms with Crippen LogP contribution in [0.2, 0.25) is 0 Å². The van der Waals surface area contributed by atoms with Crippen LogP contribution in [0.15, 0.2) is 66.9 Å². The molecule has 0 aliphatic carbocycles. The third-order valence-corrected chi connectivity index (χ3v) is 3.36. The summed E-state index contributed by atoms with van der Waals surface area (Å²) >= 11 is 0. The van der Waals surface area contributed by atoms with Gasteiger partial charge in [0.15, 0.2) is 6.29 Å². The second-order valence-electron chi connectivity index (χ2n) is 4.68. The average molecular weight is 261 g/mol. The number of aromatic nitrogens is 1. The maximum atomic E-state index is 11.1. The van der Waals surface area contributed by atoms with Crippen LogP contribution in [0.3, 0.4) is 0 Å². The number of allylic oxidation sites excluding steroid dienone is 1. The fraction of sp³-hybridized carbons (Fsp3) is 0.0556. The Morgan fingerprint density at radius 3 is 2.60 bits per heavy atom. The van der Waals surface area contributed by atoms with Crippen molar-refractivity contribution in [2.45, 2.75) is 6.54 Å². The van der Waals surface area contributed by atoms with Crippen LogP contribution in [0.5, 0.6) is 0 Å². The standard InChI is InChI=1S/C18H15NO/c20-14-17-10-4-9-16-11-13-19(18(16)17)12-5-8-15-6-2-1-3-7-15/h1-11,13-14H,12H2/b8-5+. The lowest BCUT2D eigenvalue weighted by Gasteiger charge is -2.03. The van der Waals surface area contributed by atoms with E-state index in [1.807, 2.05) is 48.7 Å². The first-order valence-corrected chi connectivity index (χ1v) is 6.63. The number of rotatable bonds is 4. The highest BCUT2D eigenvalue weighted by Crippen LogP contribution is 2.19. The molecule has 0 fully saturated rings. The maximum Gasteiger partial charge on any atom is 0.152 e. The van der Waals surface area contributed by atoms with Crippen molar-refractivity contribution in [1.82, 2.24) is 4.57 Å². The van der Waals surface area contributed by atoms with Crippen LogP contribution in [-0.2, 0) is 6.54 Å². The molecule has 3 aromatic rings. The third-order valence-electron chi connectivity index (χ3n) is 3.36. The zero-order valence-corrected chi connectivity index (χ0v) is 11.1. The Bertz CT molecular complexity index is 753. The highest BCUT2D eigenvalue weighted by atomic mass is 16.1. The van der Waals surface area contributed by atoms with Crippen LogP contribution >= 0.6 is 0 Å². The molecule has 0 radical (unpaired) electrons. The predicted molar refractivity (Wildman–Crippen MR) is 82.8 cm³/mol. The van der Waals surface area contributed by atoms with Crippen LogP contribution in [0.4, 0.5) is 0 Å². The molecule has 1 aromatic heterocycles. The monoisotopic (exact) mass is 261 g/mol. The Hall–Kier alpha value is -2.61.